The fourth-order valence-electron chi connectivity index (χ4n) is 2.45. The van der Waals surface area contributed by atoms with Crippen LogP contribution in [0, 0.1) is 5.41 Å². The Balaban J connectivity index is 2.48. The highest BCUT2D eigenvalue weighted by atomic mass is 32.2. The van der Waals surface area contributed by atoms with E-state index < -0.39 is 16.0 Å². The van der Waals surface area contributed by atoms with Crippen molar-refractivity contribution >= 4 is 21.7 Å². The standard InChI is InChI=1S/C14H20N2O4S/c1-14(2)6-7-16(9-14)21(18,19)12-5-4-10(15)8-11(12)13(17)20-3/h4-5,8H,6-7,9,15H2,1-3H3. The molecule has 1 fully saturated rings. The highest BCUT2D eigenvalue weighted by Crippen LogP contribution is 2.34. The van der Waals surface area contributed by atoms with Gasteiger partial charge in [-0.05, 0) is 30.0 Å². The summed E-state index contributed by atoms with van der Waals surface area (Å²) in [6.07, 6.45) is 0.786. The zero-order chi connectivity index (χ0) is 15.8. The van der Waals surface area contributed by atoms with Gasteiger partial charge in [-0.2, -0.15) is 4.31 Å². The van der Waals surface area contributed by atoms with Gasteiger partial charge in [0.05, 0.1) is 17.6 Å². The molecular formula is C14H20N2O4S. The lowest BCUT2D eigenvalue weighted by molar-refractivity contribution is 0.0596. The minimum absolute atomic E-state index is 0.0257. The maximum atomic E-state index is 12.8. The number of nitrogens with zero attached hydrogens (tertiary/aromatic N) is 1. The average Bonchev–Trinajstić information content (AvgIpc) is 2.78. The number of carbonyl (C=O) groups excluding carboxylic acids is 1. The first-order chi connectivity index (χ1) is 9.67. The molecule has 0 bridgehead atoms. The Morgan fingerprint density at radius 1 is 1.38 bits per heavy atom. The van der Waals surface area contributed by atoms with Crippen LogP contribution >= 0.6 is 0 Å². The van der Waals surface area contributed by atoms with Gasteiger partial charge >= 0.3 is 5.97 Å². The maximum Gasteiger partial charge on any atom is 0.339 e. The molecule has 1 aromatic rings. The summed E-state index contributed by atoms with van der Waals surface area (Å²) < 4.78 is 31.6. The van der Waals surface area contributed by atoms with Crippen LogP contribution < -0.4 is 5.73 Å². The van der Waals surface area contributed by atoms with Crippen LogP contribution in [0.3, 0.4) is 0 Å². The van der Waals surface area contributed by atoms with E-state index in [1.165, 1.54) is 29.6 Å². The Hall–Kier alpha value is -1.60. The quantitative estimate of drug-likeness (QED) is 0.674. The van der Waals surface area contributed by atoms with Crippen molar-refractivity contribution in [3.8, 4) is 0 Å². The van der Waals surface area contributed by atoms with Crippen LogP contribution in [0.1, 0.15) is 30.6 Å². The van der Waals surface area contributed by atoms with E-state index in [1.807, 2.05) is 13.8 Å². The number of nitrogen functional groups attached to an aromatic ring is 1. The van der Waals surface area contributed by atoms with E-state index in [-0.39, 0.29) is 15.9 Å². The maximum absolute atomic E-state index is 12.8. The summed E-state index contributed by atoms with van der Waals surface area (Å²) in [5.74, 6) is -0.709. The molecule has 0 aromatic heterocycles. The number of esters is 1. The summed E-state index contributed by atoms with van der Waals surface area (Å²) in [6.45, 7) is 4.92. The molecular weight excluding hydrogens is 292 g/mol. The number of benzene rings is 1. The van der Waals surface area contributed by atoms with Crippen molar-refractivity contribution in [2.75, 3.05) is 25.9 Å². The summed E-state index contributed by atoms with van der Waals surface area (Å²) in [6, 6.07) is 4.17. The van der Waals surface area contributed by atoms with E-state index in [1.54, 1.807) is 0 Å². The molecule has 0 saturated carbocycles. The molecule has 1 aliphatic heterocycles. The Bertz CT molecular complexity index is 668. The second-order valence-electron chi connectivity index (χ2n) is 6.00. The average molecular weight is 312 g/mol. The van der Waals surface area contributed by atoms with Crippen molar-refractivity contribution in [2.24, 2.45) is 5.41 Å². The number of carbonyl (C=O) groups is 1. The fraction of sp³-hybridized carbons (Fsp3) is 0.500. The van der Waals surface area contributed by atoms with Gasteiger partial charge in [-0.1, -0.05) is 13.8 Å². The highest BCUT2D eigenvalue weighted by molar-refractivity contribution is 7.89. The van der Waals surface area contributed by atoms with Gasteiger partial charge in [0, 0.05) is 18.8 Å². The van der Waals surface area contributed by atoms with Crippen molar-refractivity contribution in [2.45, 2.75) is 25.2 Å². The molecule has 0 aliphatic carbocycles. The largest absolute Gasteiger partial charge is 0.465 e. The second-order valence-corrected chi connectivity index (χ2v) is 7.91. The van der Waals surface area contributed by atoms with Crippen LogP contribution in [0.4, 0.5) is 5.69 Å². The lowest BCUT2D eigenvalue weighted by Gasteiger charge is -2.20. The van der Waals surface area contributed by atoms with Crippen molar-refractivity contribution < 1.29 is 17.9 Å². The number of nitrogens with two attached hydrogens (primary N) is 1. The van der Waals surface area contributed by atoms with Crippen LogP contribution in [0.5, 0.6) is 0 Å². The molecule has 0 spiro atoms. The van der Waals surface area contributed by atoms with Gasteiger partial charge in [0.2, 0.25) is 10.0 Å². The lowest BCUT2D eigenvalue weighted by atomic mass is 9.93. The molecule has 1 aromatic carbocycles. The van der Waals surface area contributed by atoms with Gasteiger partial charge in [0.25, 0.3) is 0 Å². The predicted molar refractivity (Wildman–Crippen MR) is 79.4 cm³/mol. The fourth-order valence-corrected chi connectivity index (χ4v) is 4.24. The van der Waals surface area contributed by atoms with Crippen LogP contribution in [0.2, 0.25) is 0 Å². The van der Waals surface area contributed by atoms with Gasteiger partial charge in [0.15, 0.2) is 0 Å². The van der Waals surface area contributed by atoms with Crippen molar-refractivity contribution in [3.63, 3.8) is 0 Å². The molecule has 2 N–H and O–H groups in total. The van der Waals surface area contributed by atoms with Crippen LogP contribution in [0.15, 0.2) is 23.1 Å². The molecule has 0 atom stereocenters. The molecule has 6 nitrogen and oxygen atoms in total. The molecule has 2 rings (SSSR count). The number of anilines is 1. The lowest BCUT2D eigenvalue weighted by Crippen LogP contribution is -2.31. The molecule has 1 saturated heterocycles. The highest BCUT2D eigenvalue weighted by Gasteiger charge is 2.38. The van der Waals surface area contributed by atoms with E-state index in [0.717, 1.165) is 6.42 Å². The zero-order valence-corrected chi connectivity index (χ0v) is 13.2. The number of methoxy groups -OCH3 is 1. The third-order valence-electron chi connectivity index (χ3n) is 3.67. The van der Waals surface area contributed by atoms with Gasteiger partial charge < -0.3 is 10.5 Å². The predicted octanol–water partition coefficient (Wildman–Crippen LogP) is 1.48. The summed E-state index contributed by atoms with van der Waals surface area (Å²) in [5, 5.41) is 0. The monoisotopic (exact) mass is 312 g/mol. The Labute approximate surface area is 124 Å². The number of ether oxygens (including phenoxy) is 1. The second kappa shape index (κ2) is 5.31. The van der Waals surface area contributed by atoms with Crippen molar-refractivity contribution in [3.05, 3.63) is 23.8 Å². The Morgan fingerprint density at radius 2 is 2.05 bits per heavy atom. The van der Waals surface area contributed by atoms with E-state index in [2.05, 4.69) is 4.74 Å². The summed E-state index contributed by atoms with van der Waals surface area (Å²) in [7, 11) is -2.53. The summed E-state index contributed by atoms with van der Waals surface area (Å²) >= 11 is 0. The van der Waals surface area contributed by atoms with Crippen LogP contribution in [-0.2, 0) is 14.8 Å². The van der Waals surface area contributed by atoms with Gasteiger partial charge in [0.1, 0.15) is 0 Å². The van der Waals surface area contributed by atoms with Crippen molar-refractivity contribution in [1.82, 2.24) is 4.31 Å². The number of hydrogen-bond acceptors (Lipinski definition) is 5. The third kappa shape index (κ3) is 3.03. The van der Waals surface area contributed by atoms with Crippen molar-refractivity contribution in [1.29, 1.82) is 0 Å². The topological polar surface area (TPSA) is 89.7 Å². The minimum Gasteiger partial charge on any atom is -0.465 e. The number of sulfonamides is 1. The Kier molecular flexibility index (Phi) is 3.99. The van der Waals surface area contributed by atoms with E-state index in [9.17, 15) is 13.2 Å². The van der Waals surface area contributed by atoms with E-state index in [4.69, 9.17) is 5.73 Å². The normalized spacial score (nSPS) is 18.6. The number of rotatable bonds is 3. The zero-order valence-electron chi connectivity index (χ0n) is 12.4. The summed E-state index contributed by atoms with van der Waals surface area (Å²) in [5.41, 5.74) is 5.87. The van der Waals surface area contributed by atoms with E-state index >= 15 is 0 Å². The molecule has 0 amide bonds. The van der Waals surface area contributed by atoms with Crippen LogP contribution in [0.25, 0.3) is 0 Å². The SMILES string of the molecule is COC(=O)c1cc(N)ccc1S(=O)(=O)N1CCC(C)(C)C1. The molecule has 21 heavy (non-hydrogen) atoms. The molecule has 0 unspecified atom stereocenters. The molecule has 0 radical (unpaired) electrons. The van der Waals surface area contributed by atoms with Gasteiger partial charge in [-0.3, -0.25) is 0 Å². The number of hydrogen-bond donors (Lipinski definition) is 1. The van der Waals surface area contributed by atoms with Gasteiger partial charge in [-0.25, -0.2) is 13.2 Å². The molecule has 1 aliphatic rings. The van der Waals surface area contributed by atoms with Crippen LogP contribution in [-0.4, -0.2) is 38.9 Å². The third-order valence-corrected chi connectivity index (χ3v) is 5.57. The first kappa shape index (κ1) is 15.8. The smallest absolute Gasteiger partial charge is 0.339 e. The summed E-state index contributed by atoms with van der Waals surface area (Å²) in [4.78, 5) is 11.8. The minimum atomic E-state index is -3.74. The molecule has 116 valence electrons. The van der Waals surface area contributed by atoms with Gasteiger partial charge in [-0.15, -0.1) is 0 Å². The Morgan fingerprint density at radius 3 is 2.57 bits per heavy atom. The molecule has 7 heteroatoms. The van der Waals surface area contributed by atoms with E-state index in [0.29, 0.717) is 18.8 Å². The first-order valence-corrected chi connectivity index (χ1v) is 8.09. The first-order valence-electron chi connectivity index (χ1n) is 6.65. The molecule has 1 heterocycles.